The van der Waals surface area contributed by atoms with Crippen molar-refractivity contribution in [1.29, 1.82) is 0 Å². The molecule has 8 nitrogen and oxygen atoms in total. The van der Waals surface area contributed by atoms with Gasteiger partial charge in [0.25, 0.3) is 0 Å². The molecule has 0 saturated heterocycles. The Labute approximate surface area is 193 Å². The van der Waals surface area contributed by atoms with Gasteiger partial charge in [-0.2, -0.15) is 0 Å². The summed E-state index contributed by atoms with van der Waals surface area (Å²) < 4.78 is 21.7. The van der Waals surface area contributed by atoms with Gasteiger partial charge in [0.05, 0.1) is 39.2 Å². The highest BCUT2D eigenvalue weighted by Crippen LogP contribution is 2.26. The summed E-state index contributed by atoms with van der Waals surface area (Å²) in [4.78, 5) is 17.0. The van der Waals surface area contributed by atoms with Crippen LogP contribution in [0.5, 0.6) is 5.75 Å². The van der Waals surface area contributed by atoms with Gasteiger partial charge >= 0.3 is 6.09 Å². The number of hydrogen-bond donors (Lipinski definition) is 1. The summed E-state index contributed by atoms with van der Waals surface area (Å²) in [6, 6.07) is 20.7. The molecule has 174 valence electrons. The van der Waals surface area contributed by atoms with Crippen molar-refractivity contribution in [2.75, 3.05) is 52.1 Å². The van der Waals surface area contributed by atoms with Crippen LogP contribution in [-0.2, 0) is 19.0 Å². The summed E-state index contributed by atoms with van der Waals surface area (Å²) in [6.07, 6.45) is 0.800. The summed E-state index contributed by atoms with van der Waals surface area (Å²) in [5, 5.41) is 8.42. The van der Waals surface area contributed by atoms with Gasteiger partial charge in [0.15, 0.2) is 0 Å². The molecule has 3 aromatic rings. The maximum atomic E-state index is 12.0. The molecule has 0 aliphatic rings. The molecule has 3 rings (SSSR count). The third-order valence-electron chi connectivity index (χ3n) is 4.56. The number of oxime groups is 1. The number of rotatable bonds is 13. The van der Waals surface area contributed by atoms with E-state index >= 15 is 0 Å². The van der Waals surface area contributed by atoms with Gasteiger partial charge in [0.2, 0.25) is 0 Å². The molecule has 3 aromatic carbocycles. The lowest BCUT2D eigenvalue weighted by atomic mass is 10.0. The molecule has 0 fully saturated rings. The maximum Gasteiger partial charge on any atom is 0.437 e. The predicted molar refractivity (Wildman–Crippen MR) is 127 cm³/mol. The van der Waals surface area contributed by atoms with Gasteiger partial charge in [-0.3, -0.25) is 10.2 Å². The number of methoxy groups -OCH3 is 1. The van der Waals surface area contributed by atoms with E-state index in [1.54, 1.807) is 19.2 Å². The normalized spacial score (nSPS) is 11.1. The topological polar surface area (TPSA) is 87.6 Å². The second-order valence-corrected chi connectivity index (χ2v) is 6.87. The fourth-order valence-electron chi connectivity index (χ4n) is 3.00. The third kappa shape index (κ3) is 8.19. The first kappa shape index (κ1) is 24.2. The number of para-hydroxylation sites is 1. The Balaban J connectivity index is 1.56. The van der Waals surface area contributed by atoms with E-state index in [4.69, 9.17) is 23.8 Å². The van der Waals surface area contributed by atoms with E-state index in [9.17, 15) is 4.79 Å². The Morgan fingerprint density at radius 2 is 1.55 bits per heavy atom. The number of nitrogens with one attached hydrogen (secondary N) is 1. The van der Waals surface area contributed by atoms with E-state index in [0.29, 0.717) is 56.6 Å². The summed E-state index contributed by atoms with van der Waals surface area (Å²) in [6.45, 7) is 2.84. The number of carbonyl (C=O) groups excluding carboxylic acids is 1. The number of anilines is 1. The molecule has 0 bridgehead atoms. The number of nitrogens with zero attached hydrogens (tertiary/aromatic N) is 1. The zero-order chi connectivity index (χ0) is 23.1. The van der Waals surface area contributed by atoms with Crippen molar-refractivity contribution in [3.05, 3.63) is 72.3 Å². The molecule has 0 atom stereocenters. The van der Waals surface area contributed by atoms with Crippen molar-refractivity contribution in [2.45, 2.75) is 0 Å². The number of ether oxygens (including phenoxy) is 4. The van der Waals surface area contributed by atoms with Crippen LogP contribution >= 0.6 is 0 Å². The third-order valence-corrected chi connectivity index (χ3v) is 4.56. The Morgan fingerprint density at radius 3 is 2.33 bits per heavy atom. The molecular weight excluding hydrogens is 424 g/mol. The number of amides is 1. The van der Waals surface area contributed by atoms with Crippen molar-refractivity contribution in [3.8, 4) is 5.75 Å². The zero-order valence-electron chi connectivity index (χ0n) is 18.6. The summed E-state index contributed by atoms with van der Waals surface area (Å²) >= 11 is 0. The smallest absolute Gasteiger partial charge is 0.437 e. The lowest BCUT2D eigenvalue weighted by molar-refractivity contribution is 0.0180. The summed E-state index contributed by atoms with van der Waals surface area (Å²) in [5.41, 5.74) is 1.33. The highest BCUT2D eigenvalue weighted by atomic mass is 16.7. The average molecular weight is 453 g/mol. The Bertz CT molecular complexity index is 1030. The highest BCUT2D eigenvalue weighted by Gasteiger charge is 2.08. The first-order chi connectivity index (χ1) is 16.3. The second kappa shape index (κ2) is 13.8. The molecule has 0 heterocycles. The number of carbonyl (C=O) groups is 1. The lowest BCUT2D eigenvalue weighted by Gasteiger charge is -2.12. The SMILES string of the molecule is COCCOCCOCCOc1ccc2ccccc2c1/C=N/OC(=O)Nc1ccccc1. The van der Waals surface area contributed by atoms with Crippen molar-refractivity contribution in [3.63, 3.8) is 0 Å². The van der Waals surface area contributed by atoms with Gasteiger partial charge < -0.3 is 18.9 Å². The quantitative estimate of drug-likeness (QED) is 0.178. The molecule has 0 aromatic heterocycles. The van der Waals surface area contributed by atoms with Gasteiger partial charge in [-0.1, -0.05) is 53.7 Å². The van der Waals surface area contributed by atoms with Crippen LogP contribution in [0.1, 0.15) is 5.56 Å². The Morgan fingerprint density at radius 1 is 0.848 bits per heavy atom. The van der Waals surface area contributed by atoms with Gasteiger partial charge in [-0.15, -0.1) is 0 Å². The molecule has 0 unspecified atom stereocenters. The predicted octanol–water partition coefficient (Wildman–Crippen LogP) is 4.48. The fraction of sp³-hybridized carbons (Fsp3) is 0.280. The largest absolute Gasteiger partial charge is 0.490 e. The van der Waals surface area contributed by atoms with E-state index in [1.807, 2.05) is 54.6 Å². The molecule has 0 aliphatic heterocycles. The van der Waals surface area contributed by atoms with E-state index < -0.39 is 6.09 Å². The summed E-state index contributed by atoms with van der Waals surface area (Å²) in [5.74, 6) is 0.615. The van der Waals surface area contributed by atoms with Crippen LogP contribution in [0.4, 0.5) is 10.5 Å². The van der Waals surface area contributed by atoms with E-state index in [2.05, 4.69) is 10.5 Å². The molecule has 1 N–H and O–H groups in total. The molecular formula is C25H28N2O6. The van der Waals surface area contributed by atoms with Crippen molar-refractivity contribution in [1.82, 2.24) is 0 Å². The van der Waals surface area contributed by atoms with Gasteiger partial charge in [0.1, 0.15) is 12.4 Å². The summed E-state index contributed by atoms with van der Waals surface area (Å²) in [7, 11) is 1.63. The highest BCUT2D eigenvalue weighted by molar-refractivity contribution is 6.02. The van der Waals surface area contributed by atoms with Crippen LogP contribution in [0.25, 0.3) is 10.8 Å². The monoisotopic (exact) mass is 452 g/mol. The molecule has 0 spiro atoms. The van der Waals surface area contributed by atoms with Crippen molar-refractivity contribution < 1.29 is 28.6 Å². The van der Waals surface area contributed by atoms with Crippen molar-refractivity contribution >= 4 is 28.8 Å². The minimum Gasteiger partial charge on any atom is -0.490 e. The van der Waals surface area contributed by atoms with Crippen LogP contribution in [-0.4, -0.2) is 59.1 Å². The molecule has 8 heteroatoms. The minimum absolute atomic E-state index is 0.354. The number of fused-ring (bicyclic) bond motifs is 1. The second-order valence-electron chi connectivity index (χ2n) is 6.87. The molecule has 0 aliphatic carbocycles. The fourth-order valence-corrected chi connectivity index (χ4v) is 3.00. The first-order valence-electron chi connectivity index (χ1n) is 10.6. The van der Waals surface area contributed by atoms with E-state index in [1.165, 1.54) is 6.21 Å². The lowest BCUT2D eigenvalue weighted by Crippen LogP contribution is -2.13. The van der Waals surface area contributed by atoms with Crippen LogP contribution in [0.3, 0.4) is 0 Å². The average Bonchev–Trinajstić information content (AvgIpc) is 2.84. The first-order valence-corrected chi connectivity index (χ1v) is 10.6. The molecule has 1 amide bonds. The van der Waals surface area contributed by atoms with E-state index in [0.717, 1.165) is 10.8 Å². The standard InChI is InChI=1S/C25H28N2O6/c1-29-13-14-30-15-16-31-17-18-32-24-12-11-20-7-5-6-10-22(20)23(24)19-26-33-25(28)27-21-8-3-2-4-9-21/h2-12,19H,13-18H2,1H3,(H,27,28)/b26-19+. The van der Waals surface area contributed by atoms with Crippen molar-refractivity contribution in [2.24, 2.45) is 5.16 Å². The van der Waals surface area contributed by atoms with Gasteiger partial charge in [-0.25, -0.2) is 4.79 Å². The Kier molecular flexibility index (Phi) is 10.1. The molecule has 0 radical (unpaired) electrons. The minimum atomic E-state index is -0.679. The van der Waals surface area contributed by atoms with Gasteiger partial charge in [-0.05, 0) is 29.0 Å². The number of benzene rings is 3. The van der Waals surface area contributed by atoms with Crippen LogP contribution in [0, 0.1) is 0 Å². The Hall–Kier alpha value is -3.46. The van der Waals surface area contributed by atoms with Crippen LogP contribution in [0.15, 0.2) is 71.9 Å². The molecule has 0 saturated carbocycles. The molecule has 33 heavy (non-hydrogen) atoms. The maximum absolute atomic E-state index is 12.0. The number of hydrogen-bond acceptors (Lipinski definition) is 7. The zero-order valence-corrected chi connectivity index (χ0v) is 18.6. The van der Waals surface area contributed by atoms with Crippen LogP contribution < -0.4 is 10.1 Å². The van der Waals surface area contributed by atoms with Gasteiger partial charge in [0, 0.05) is 18.4 Å². The van der Waals surface area contributed by atoms with Crippen LogP contribution in [0.2, 0.25) is 0 Å². The van der Waals surface area contributed by atoms with E-state index in [-0.39, 0.29) is 0 Å².